The predicted molar refractivity (Wildman–Crippen MR) is 272 cm³/mol. The molecule has 2 aromatic heterocycles. The van der Waals surface area contributed by atoms with Crippen molar-refractivity contribution in [1.29, 1.82) is 0 Å². The fraction of sp³-hybridized carbons (Fsp3) is 0.0164. The lowest BCUT2D eigenvalue weighted by atomic mass is 9.65. The summed E-state index contributed by atoms with van der Waals surface area (Å²) in [6.45, 7) is 0. The first-order valence-electron chi connectivity index (χ1n) is 21.9. The molecule has 3 heteroatoms. The maximum absolute atomic E-state index is 2.45. The van der Waals surface area contributed by atoms with Crippen LogP contribution < -0.4 is 4.90 Å². The van der Waals surface area contributed by atoms with E-state index in [2.05, 4.69) is 264 Å². The number of aromatic nitrogens is 1. The molecular formula is C61H42N2S. The molecule has 0 saturated carbocycles. The number of benzene rings is 10. The van der Waals surface area contributed by atoms with E-state index in [0.717, 1.165) is 22.7 Å². The Labute approximate surface area is 377 Å². The molecule has 0 spiro atoms. The highest BCUT2D eigenvalue weighted by molar-refractivity contribution is 7.26. The van der Waals surface area contributed by atoms with Gasteiger partial charge in [-0.1, -0.05) is 194 Å². The van der Waals surface area contributed by atoms with Gasteiger partial charge in [0.25, 0.3) is 0 Å². The Morgan fingerprint density at radius 3 is 1.47 bits per heavy atom. The summed E-state index contributed by atoms with van der Waals surface area (Å²) in [5.74, 6) is 0. The third-order valence-electron chi connectivity index (χ3n) is 12.9. The van der Waals surface area contributed by atoms with Crippen molar-refractivity contribution >= 4 is 70.4 Å². The van der Waals surface area contributed by atoms with E-state index in [9.17, 15) is 0 Å². The first-order chi connectivity index (χ1) is 31.8. The standard InChI is InChI=1S/C61H42N2S/c1-5-18-45(19-6-1)61(46-20-7-2-8-21-46,47-22-9-3-10-23-47)48-36-32-43(33-37-48)44-34-38-50(39-35-44)62(56-29-17-31-59-60(56)54-27-14-16-30-58(54)64-59)51-40-41-53-52-26-13-15-28-55(52)63(57(53)42-51)49-24-11-4-12-25-49/h1-42H. The van der Waals surface area contributed by atoms with Crippen molar-refractivity contribution in [2.24, 2.45) is 0 Å². The van der Waals surface area contributed by atoms with Gasteiger partial charge in [0.2, 0.25) is 0 Å². The van der Waals surface area contributed by atoms with Crippen LogP contribution in [0.4, 0.5) is 17.1 Å². The molecule has 2 heterocycles. The average Bonchev–Trinajstić information content (AvgIpc) is 3.92. The first-order valence-corrected chi connectivity index (χ1v) is 22.7. The van der Waals surface area contributed by atoms with E-state index in [-0.39, 0.29) is 0 Å². The van der Waals surface area contributed by atoms with E-state index >= 15 is 0 Å². The molecule has 0 atom stereocenters. The fourth-order valence-electron chi connectivity index (χ4n) is 10.1. The summed E-state index contributed by atoms with van der Waals surface area (Å²) in [6, 6.07) is 93.1. The normalized spacial score (nSPS) is 11.8. The number of nitrogens with zero attached hydrogens (tertiary/aromatic N) is 2. The van der Waals surface area contributed by atoms with Gasteiger partial charge >= 0.3 is 0 Å². The summed E-state index contributed by atoms with van der Waals surface area (Å²) in [7, 11) is 0. The van der Waals surface area contributed by atoms with Gasteiger partial charge in [-0.15, -0.1) is 11.3 Å². The lowest BCUT2D eigenvalue weighted by Crippen LogP contribution is -2.30. The highest BCUT2D eigenvalue weighted by Crippen LogP contribution is 2.48. The molecule has 0 amide bonds. The van der Waals surface area contributed by atoms with Crippen molar-refractivity contribution in [1.82, 2.24) is 4.57 Å². The molecule has 12 aromatic rings. The van der Waals surface area contributed by atoms with Crippen molar-refractivity contribution in [3.63, 3.8) is 0 Å². The van der Waals surface area contributed by atoms with Crippen molar-refractivity contribution in [3.05, 3.63) is 277 Å². The first kappa shape index (κ1) is 37.8. The molecule has 12 rings (SSSR count). The van der Waals surface area contributed by atoms with E-state index < -0.39 is 5.41 Å². The minimum Gasteiger partial charge on any atom is -0.310 e. The van der Waals surface area contributed by atoms with Gasteiger partial charge in [0.1, 0.15) is 0 Å². The summed E-state index contributed by atoms with van der Waals surface area (Å²) >= 11 is 1.86. The Morgan fingerprint density at radius 1 is 0.344 bits per heavy atom. The average molecular weight is 835 g/mol. The molecule has 0 unspecified atom stereocenters. The van der Waals surface area contributed by atoms with Crippen molar-refractivity contribution in [3.8, 4) is 16.8 Å². The van der Waals surface area contributed by atoms with Gasteiger partial charge in [-0.25, -0.2) is 0 Å². The van der Waals surface area contributed by atoms with Gasteiger partial charge in [0.05, 0.1) is 22.1 Å². The van der Waals surface area contributed by atoms with Crippen LogP contribution >= 0.6 is 11.3 Å². The Hall–Kier alpha value is -7.98. The molecule has 0 saturated heterocycles. The molecule has 10 aromatic carbocycles. The lowest BCUT2D eigenvalue weighted by molar-refractivity contribution is 0.745. The molecule has 2 nitrogen and oxygen atoms in total. The number of hydrogen-bond acceptors (Lipinski definition) is 2. The van der Waals surface area contributed by atoms with E-state index in [4.69, 9.17) is 0 Å². The molecule has 0 bridgehead atoms. The second-order valence-corrected chi connectivity index (χ2v) is 17.5. The topological polar surface area (TPSA) is 8.17 Å². The molecule has 302 valence electrons. The molecule has 64 heavy (non-hydrogen) atoms. The van der Waals surface area contributed by atoms with Gasteiger partial charge in [-0.3, -0.25) is 0 Å². The van der Waals surface area contributed by atoms with E-state index in [1.807, 2.05) is 11.3 Å². The maximum atomic E-state index is 2.45. The van der Waals surface area contributed by atoms with Crippen LogP contribution in [-0.2, 0) is 5.41 Å². The number of fused-ring (bicyclic) bond motifs is 6. The van der Waals surface area contributed by atoms with E-state index in [1.54, 1.807) is 0 Å². The zero-order chi connectivity index (χ0) is 42.5. The van der Waals surface area contributed by atoms with Crippen molar-refractivity contribution in [2.45, 2.75) is 5.41 Å². The Kier molecular flexibility index (Phi) is 9.28. The van der Waals surface area contributed by atoms with Crippen LogP contribution in [0.25, 0.3) is 58.8 Å². The summed E-state index contributed by atoms with van der Waals surface area (Å²) in [5, 5.41) is 5.02. The number of rotatable bonds is 9. The Morgan fingerprint density at radius 2 is 0.828 bits per heavy atom. The molecule has 0 N–H and O–H groups in total. The summed E-state index contributed by atoms with van der Waals surface area (Å²) in [6.07, 6.45) is 0. The second-order valence-electron chi connectivity index (χ2n) is 16.4. The predicted octanol–water partition coefficient (Wildman–Crippen LogP) is 16.7. The lowest BCUT2D eigenvalue weighted by Gasteiger charge is -2.37. The Balaban J connectivity index is 1.00. The van der Waals surface area contributed by atoms with Crippen molar-refractivity contribution in [2.75, 3.05) is 4.90 Å². The quantitative estimate of drug-likeness (QED) is 0.132. The summed E-state index contributed by atoms with van der Waals surface area (Å²) in [4.78, 5) is 2.45. The van der Waals surface area contributed by atoms with Gasteiger partial charge in [-0.05, 0) is 94.0 Å². The van der Waals surface area contributed by atoms with Gasteiger partial charge < -0.3 is 9.47 Å². The maximum Gasteiger partial charge on any atom is 0.0701 e. The highest BCUT2D eigenvalue weighted by Gasteiger charge is 2.38. The van der Waals surface area contributed by atoms with Gasteiger partial charge in [0.15, 0.2) is 0 Å². The monoisotopic (exact) mass is 834 g/mol. The van der Waals surface area contributed by atoms with Crippen LogP contribution in [0.1, 0.15) is 22.3 Å². The molecule has 0 aliphatic heterocycles. The number of hydrogen-bond donors (Lipinski definition) is 0. The van der Waals surface area contributed by atoms with Gasteiger partial charge in [-0.2, -0.15) is 0 Å². The van der Waals surface area contributed by atoms with Crippen LogP contribution in [0, 0.1) is 0 Å². The summed E-state index contributed by atoms with van der Waals surface area (Å²) < 4.78 is 4.97. The third-order valence-corrected chi connectivity index (χ3v) is 14.1. The van der Waals surface area contributed by atoms with E-state index in [1.165, 1.54) is 75.4 Å². The zero-order valence-corrected chi connectivity index (χ0v) is 35.9. The van der Waals surface area contributed by atoms with Crippen LogP contribution in [-0.4, -0.2) is 4.57 Å². The Bertz CT molecular complexity index is 3480. The van der Waals surface area contributed by atoms with Crippen LogP contribution in [0.5, 0.6) is 0 Å². The van der Waals surface area contributed by atoms with E-state index in [0.29, 0.717) is 0 Å². The highest BCUT2D eigenvalue weighted by atomic mass is 32.1. The zero-order valence-electron chi connectivity index (χ0n) is 35.1. The molecular weight excluding hydrogens is 793 g/mol. The number of thiophene rings is 1. The summed E-state index contributed by atoms with van der Waals surface area (Å²) in [5.41, 5.74) is 13.7. The minimum atomic E-state index is -0.493. The number of para-hydroxylation sites is 2. The van der Waals surface area contributed by atoms with Gasteiger partial charge in [0, 0.05) is 48.0 Å². The number of anilines is 3. The largest absolute Gasteiger partial charge is 0.310 e. The van der Waals surface area contributed by atoms with Crippen LogP contribution in [0.2, 0.25) is 0 Å². The van der Waals surface area contributed by atoms with Crippen LogP contribution in [0.15, 0.2) is 255 Å². The third kappa shape index (κ3) is 6.16. The van der Waals surface area contributed by atoms with Crippen molar-refractivity contribution < 1.29 is 0 Å². The SMILES string of the molecule is c1ccc(-n2c3ccccc3c3ccc(N(c4ccc(-c5ccc(C(c6ccccc6)(c6ccccc6)c6ccccc6)cc5)cc4)c4cccc5sc6ccccc6c45)cc32)cc1. The minimum absolute atomic E-state index is 0.493. The molecule has 0 aliphatic rings. The second kappa shape index (κ2) is 15.7. The molecule has 0 fully saturated rings. The molecule has 0 radical (unpaired) electrons. The van der Waals surface area contributed by atoms with Crippen LogP contribution in [0.3, 0.4) is 0 Å². The fourth-order valence-corrected chi connectivity index (χ4v) is 11.2. The molecule has 0 aliphatic carbocycles. The smallest absolute Gasteiger partial charge is 0.0701 e.